The van der Waals surface area contributed by atoms with Crippen molar-refractivity contribution < 1.29 is 9.47 Å². The maximum atomic E-state index is 5.94. The molecule has 0 saturated carbocycles. The topological polar surface area (TPSA) is 60.0 Å². The van der Waals surface area contributed by atoms with Crippen LogP contribution >= 0.6 is 0 Å². The van der Waals surface area contributed by atoms with Gasteiger partial charge in [0, 0.05) is 25.6 Å². The van der Waals surface area contributed by atoms with Gasteiger partial charge in [0.2, 0.25) is 0 Å². The highest BCUT2D eigenvalue weighted by Gasteiger charge is 2.28. The number of ether oxygens (including phenoxy) is 2. The second-order valence-electron chi connectivity index (χ2n) is 5.38. The van der Waals surface area contributed by atoms with Gasteiger partial charge in [-0.15, -0.1) is 0 Å². The van der Waals surface area contributed by atoms with E-state index >= 15 is 0 Å². The summed E-state index contributed by atoms with van der Waals surface area (Å²) in [4.78, 5) is 4.65. The predicted octanol–water partition coefficient (Wildman–Crippen LogP) is 2.37. The largest absolute Gasteiger partial charge is 0.482 e. The fraction of sp³-hybridized carbons (Fsp3) is 0.467. The molecular weight excluding hydrogens is 254 g/mol. The van der Waals surface area contributed by atoms with Crippen LogP contribution in [0.4, 0.5) is 0 Å². The van der Waals surface area contributed by atoms with Crippen LogP contribution in [0.3, 0.4) is 0 Å². The first-order chi connectivity index (χ1) is 9.90. The molecule has 1 aromatic heterocycles. The van der Waals surface area contributed by atoms with E-state index in [9.17, 15) is 0 Å². The van der Waals surface area contributed by atoms with Crippen LogP contribution in [0.2, 0.25) is 0 Å². The highest BCUT2D eigenvalue weighted by atomic mass is 16.5. The van der Waals surface area contributed by atoms with E-state index in [0.717, 1.165) is 49.9 Å². The zero-order valence-electron chi connectivity index (χ0n) is 11.2. The number of aromatic nitrogens is 3. The molecule has 1 atom stereocenters. The van der Waals surface area contributed by atoms with Crippen LogP contribution in [0.1, 0.15) is 42.1 Å². The van der Waals surface area contributed by atoms with Crippen LogP contribution in [0, 0.1) is 0 Å². The molecule has 4 rings (SSSR count). The number of fused-ring (bicyclic) bond motifs is 1. The third-order valence-electron chi connectivity index (χ3n) is 4.06. The van der Waals surface area contributed by atoms with Gasteiger partial charge in [0.15, 0.2) is 17.8 Å². The summed E-state index contributed by atoms with van der Waals surface area (Å²) >= 11 is 0. The lowest BCUT2D eigenvalue weighted by atomic mass is 10.00. The van der Waals surface area contributed by atoms with Gasteiger partial charge >= 0.3 is 0 Å². The Morgan fingerprint density at radius 1 is 1.15 bits per heavy atom. The molecular formula is C15H17N3O2. The van der Waals surface area contributed by atoms with Crippen LogP contribution in [0.15, 0.2) is 24.3 Å². The summed E-state index contributed by atoms with van der Waals surface area (Å²) in [6, 6.07) is 8.14. The lowest BCUT2D eigenvalue weighted by Crippen LogP contribution is -2.15. The molecule has 1 saturated heterocycles. The van der Waals surface area contributed by atoms with Gasteiger partial charge in [-0.3, -0.25) is 5.10 Å². The Morgan fingerprint density at radius 3 is 2.85 bits per heavy atom. The van der Waals surface area contributed by atoms with Crippen molar-refractivity contribution in [2.75, 3.05) is 13.2 Å². The maximum Gasteiger partial charge on any atom is 0.166 e. The van der Waals surface area contributed by atoms with Crippen molar-refractivity contribution in [2.45, 2.75) is 31.3 Å². The van der Waals surface area contributed by atoms with E-state index in [1.165, 1.54) is 5.56 Å². The molecule has 0 spiro atoms. The average Bonchev–Trinajstić information content (AvgIpc) is 3.14. The van der Waals surface area contributed by atoms with Crippen molar-refractivity contribution in [2.24, 2.45) is 0 Å². The van der Waals surface area contributed by atoms with E-state index in [1.807, 2.05) is 18.2 Å². The van der Waals surface area contributed by atoms with Crippen molar-refractivity contribution in [1.82, 2.24) is 15.2 Å². The van der Waals surface area contributed by atoms with Crippen molar-refractivity contribution in [1.29, 1.82) is 0 Å². The van der Waals surface area contributed by atoms with Crippen LogP contribution in [0.25, 0.3) is 0 Å². The Bertz CT molecular complexity index is 580. The zero-order chi connectivity index (χ0) is 13.4. The zero-order valence-corrected chi connectivity index (χ0v) is 11.2. The molecule has 0 radical (unpaired) electrons. The van der Waals surface area contributed by atoms with Gasteiger partial charge in [-0.2, -0.15) is 5.10 Å². The number of rotatable bonds is 2. The first-order valence-electron chi connectivity index (χ1n) is 7.14. The van der Waals surface area contributed by atoms with Gasteiger partial charge in [0.1, 0.15) is 5.75 Å². The molecule has 0 amide bonds. The molecule has 5 nitrogen and oxygen atoms in total. The second kappa shape index (κ2) is 4.90. The SMILES string of the molecule is c1ccc2c(c1)C[C@H](c1nc(C3CCOCC3)n[nH]1)O2. The molecule has 1 N–H and O–H groups in total. The maximum absolute atomic E-state index is 5.94. The van der Waals surface area contributed by atoms with Gasteiger partial charge in [-0.25, -0.2) is 4.98 Å². The number of H-pyrrole nitrogens is 1. The summed E-state index contributed by atoms with van der Waals surface area (Å²) in [6.07, 6.45) is 2.83. The summed E-state index contributed by atoms with van der Waals surface area (Å²) in [5.41, 5.74) is 1.24. The molecule has 104 valence electrons. The summed E-state index contributed by atoms with van der Waals surface area (Å²) < 4.78 is 11.3. The molecule has 3 heterocycles. The van der Waals surface area contributed by atoms with Crippen molar-refractivity contribution >= 4 is 0 Å². The van der Waals surface area contributed by atoms with Crippen LogP contribution < -0.4 is 4.74 Å². The Balaban J connectivity index is 1.52. The van der Waals surface area contributed by atoms with Crippen LogP contribution in [-0.4, -0.2) is 28.4 Å². The third kappa shape index (κ3) is 2.08. The Labute approximate surface area is 117 Å². The minimum absolute atomic E-state index is 0.0338. The van der Waals surface area contributed by atoms with E-state index in [4.69, 9.17) is 9.47 Å². The number of benzene rings is 1. The fourth-order valence-corrected chi connectivity index (χ4v) is 2.90. The summed E-state index contributed by atoms with van der Waals surface area (Å²) in [5, 5.41) is 7.43. The first kappa shape index (κ1) is 11.9. The lowest BCUT2D eigenvalue weighted by Gasteiger charge is -2.18. The van der Waals surface area contributed by atoms with E-state index in [-0.39, 0.29) is 6.10 Å². The third-order valence-corrected chi connectivity index (χ3v) is 4.06. The second-order valence-corrected chi connectivity index (χ2v) is 5.38. The van der Waals surface area contributed by atoms with Gasteiger partial charge in [0.25, 0.3) is 0 Å². The summed E-state index contributed by atoms with van der Waals surface area (Å²) in [6.45, 7) is 1.61. The molecule has 0 unspecified atom stereocenters. The average molecular weight is 271 g/mol. The molecule has 5 heteroatoms. The predicted molar refractivity (Wildman–Crippen MR) is 72.7 cm³/mol. The van der Waals surface area contributed by atoms with Crippen LogP contribution in [-0.2, 0) is 11.2 Å². The van der Waals surface area contributed by atoms with Crippen LogP contribution in [0.5, 0.6) is 5.75 Å². The smallest absolute Gasteiger partial charge is 0.166 e. The number of para-hydroxylation sites is 1. The van der Waals surface area contributed by atoms with E-state index in [2.05, 4.69) is 21.2 Å². The molecule has 0 bridgehead atoms. The standard InChI is InChI=1S/C15H17N3O2/c1-2-4-12-11(3-1)9-13(20-12)15-16-14(17-18-15)10-5-7-19-8-6-10/h1-4,10,13H,5-9H2,(H,16,17,18)/t13-/m1/s1. The van der Waals surface area contributed by atoms with Crippen molar-refractivity contribution in [3.05, 3.63) is 41.5 Å². The van der Waals surface area contributed by atoms with E-state index in [0.29, 0.717) is 5.92 Å². The Morgan fingerprint density at radius 2 is 2.00 bits per heavy atom. The molecule has 0 aliphatic carbocycles. The minimum atomic E-state index is -0.0338. The normalized spacial score (nSPS) is 22.5. The Kier molecular flexibility index (Phi) is 2.92. The fourth-order valence-electron chi connectivity index (χ4n) is 2.90. The number of nitrogens with one attached hydrogen (secondary N) is 1. The van der Waals surface area contributed by atoms with Gasteiger partial charge in [-0.05, 0) is 24.5 Å². The van der Waals surface area contributed by atoms with Gasteiger partial charge in [0.05, 0.1) is 0 Å². The quantitative estimate of drug-likeness (QED) is 0.911. The van der Waals surface area contributed by atoms with Gasteiger partial charge < -0.3 is 9.47 Å². The van der Waals surface area contributed by atoms with Gasteiger partial charge in [-0.1, -0.05) is 18.2 Å². The Hall–Kier alpha value is -1.88. The van der Waals surface area contributed by atoms with E-state index < -0.39 is 0 Å². The molecule has 2 aliphatic rings. The molecule has 1 aromatic carbocycles. The van der Waals surface area contributed by atoms with Crippen molar-refractivity contribution in [3.8, 4) is 5.75 Å². The molecule has 1 fully saturated rings. The van der Waals surface area contributed by atoms with Crippen molar-refractivity contribution in [3.63, 3.8) is 0 Å². The minimum Gasteiger partial charge on any atom is -0.482 e. The first-order valence-corrected chi connectivity index (χ1v) is 7.14. The highest BCUT2D eigenvalue weighted by molar-refractivity contribution is 5.38. The number of hydrogen-bond donors (Lipinski definition) is 1. The lowest BCUT2D eigenvalue weighted by molar-refractivity contribution is 0.0836. The summed E-state index contributed by atoms with van der Waals surface area (Å²) in [5.74, 6) is 3.12. The molecule has 20 heavy (non-hydrogen) atoms. The number of hydrogen-bond acceptors (Lipinski definition) is 4. The molecule has 2 aromatic rings. The number of aromatic amines is 1. The van der Waals surface area contributed by atoms with E-state index in [1.54, 1.807) is 0 Å². The monoisotopic (exact) mass is 271 g/mol. The highest BCUT2D eigenvalue weighted by Crippen LogP contribution is 2.35. The number of nitrogens with zero attached hydrogens (tertiary/aromatic N) is 2. The summed E-state index contributed by atoms with van der Waals surface area (Å²) in [7, 11) is 0. The molecule has 2 aliphatic heterocycles.